The lowest BCUT2D eigenvalue weighted by Gasteiger charge is -2.25. The largest absolute Gasteiger partial charge is 0.322 e. The van der Waals surface area contributed by atoms with Crippen LogP contribution in [0.2, 0.25) is 0 Å². The van der Waals surface area contributed by atoms with Gasteiger partial charge >= 0.3 is 0 Å². The highest BCUT2D eigenvalue weighted by atomic mass is 32.2. The first-order valence-corrected chi connectivity index (χ1v) is 9.64. The van der Waals surface area contributed by atoms with Crippen LogP contribution in [-0.4, -0.2) is 20.1 Å². The van der Waals surface area contributed by atoms with E-state index in [0.717, 1.165) is 19.3 Å². The van der Waals surface area contributed by atoms with Crippen molar-refractivity contribution < 1.29 is 13.2 Å². The van der Waals surface area contributed by atoms with Crippen LogP contribution in [0, 0.1) is 5.92 Å². The summed E-state index contributed by atoms with van der Waals surface area (Å²) in [6, 6.07) is 15.6. The Morgan fingerprint density at radius 3 is 2.38 bits per heavy atom. The van der Waals surface area contributed by atoms with E-state index < -0.39 is 10.0 Å². The molecule has 0 spiro atoms. The van der Waals surface area contributed by atoms with Gasteiger partial charge in [0.2, 0.25) is 10.0 Å². The Bertz CT molecular complexity index is 815. The summed E-state index contributed by atoms with van der Waals surface area (Å²) in [5.41, 5.74) is 1.56. The topological polar surface area (TPSA) is 75.3 Å². The molecule has 5 nitrogen and oxygen atoms in total. The Morgan fingerprint density at radius 2 is 1.71 bits per heavy atom. The van der Waals surface area contributed by atoms with Crippen molar-refractivity contribution in [2.75, 3.05) is 15.8 Å². The van der Waals surface area contributed by atoms with Crippen LogP contribution in [0.5, 0.6) is 0 Å². The van der Waals surface area contributed by atoms with E-state index in [4.69, 9.17) is 0 Å². The minimum atomic E-state index is -3.35. The smallest absolute Gasteiger partial charge is 0.255 e. The zero-order valence-corrected chi connectivity index (χ0v) is 14.1. The molecule has 2 aromatic carbocycles. The molecule has 0 saturated heterocycles. The maximum atomic E-state index is 12.2. The molecule has 126 valence electrons. The summed E-state index contributed by atoms with van der Waals surface area (Å²) < 4.78 is 26.9. The molecule has 0 bridgehead atoms. The molecule has 1 aliphatic carbocycles. The quantitative estimate of drug-likeness (QED) is 0.842. The van der Waals surface area contributed by atoms with Crippen LogP contribution in [0.1, 0.15) is 29.6 Å². The molecule has 1 fully saturated rings. The third kappa shape index (κ3) is 4.35. The van der Waals surface area contributed by atoms with E-state index in [9.17, 15) is 13.2 Å². The van der Waals surface area contributed by atoms with E-state index in [2.05, 4.69) is 10.0 Å². The van der Waals surface area contributed by atoms with Crippen molar-refractivity contribution in [1.82, 2.24) is 0 Å². The summed E-state index contributed by atoms with van der Waals surface area (Å²) >= 11 is 0. The molecular formula is C18H20N2O3S. The first kappa shape index (κ1) is 16.5. The molecule has 24 heavy (non-hydrogen) atoms. The Balaban J connectivity index is 1.66. The molecule has 1 aliphatic rings. The van der Waals surface area contributed by atoms with Gasteiger partial charge in [-0.3, -0.25) is 9.52 Å². The normalized spacial score (nSPS) is 14.7. The molecule has 6 heteroatoms. The van der Waals surface area contributed by atoms with E-state index in [1.54, 1.807) is 48.5 Å². The molecule has 0 aromatic heterocycles. The number of nitrogens with one attached hydrogen (secondary N) is 2. The van der Waals surface area contributed by atoms with E-state index in [1.807, 2.05) is 6.07 Å². The lowest BCUT2D eigenvalue weighted by atomic mass is 9.87. The average molecular weight is 344 g/mol. The van der Waals surface area contributed by atoms with Crippen LogP contribution in [0.4, 0.5) is 11.4 Å². The number of benzene rings is 2. The van der Waals surface area contributed by atoms with E-state index in [1.165, 1.54) is 0 Å². The van der Waals surface area contributed by atoms with Crippen molar-refractivity contribution in [2.24, 2.45) is 5.92 Å². The SMILES string of the molecule is O=C(Nc1cccc(NS(=O)(=O)CC2CCC2)c1)c1ccccc1. The molecule has 1 saturated carbocycles. The molecule has 0 radical (unpaired) electrons. The van der Waals surface area contributed by atoms with Crippen LogP contribution in [0.15, 0.2) is 54.6 Å². The van der Waals surface area contributed by atoms with Gasteiger partial charge in [0.15, 0.2) is 0 Å². The van der Waals surface area contributed by atoms with Gasteiger partial charge in [0.05, 0.1) is 11.4 Å². The molecule has 0 atom stereocenters. The Kier molecular flexibility index (Phi) is 4.85. The average Bonchev–Trinajstić information content (AvgIpc) is 2.52. The van der Waals surface area contributed by atoms with Crippen molar-refractivity contribution in [3.05, 3.63) is 60.2 Å². The van der Waals surface area contributed by atoms with Crippen LogP contribution >= 0.6 is 0 Å². The summed E-state index contributed by atoms with van der Waals surface area (Å²) in [6.45, 7) is 0. The first-order chi connectivity index (χ1) is 11.5. The maximum Gasteiger partial charge on any atom is 0.255 e. The molecular weight excluding hydrogens is 324 g/mol. The molecule has 2 aromatic rings. The summed E-state index contributed by atoms with van der Waals surface area (Å²) in [6.07, 6.45) is 3.07. The lowest BCUT2D eigenvalue weighted by Crippen LogP contribution is -2.26. The molecule has 0 heterocycles. The Hall–Kier alpha value is -2.34. The van der Waals surface area contributed by atoms with Crippen molar-refractivity contribution in [3.8, 4) is 0 Å². The third-order valence-corrected chi connectivity index (χ3v) is 5.57. The highest BCUT2D eigenvalue weighted by Gasteiger charge is 2.24. The minimum Gasteiger partial charge on any atom is -0.322 e. The van der Waals surface area contributed by atoms with Gasteiger partial charge in [-0.05, 0) is 49.1 Å². The number of amides is 1. The lowest BCUT2D eigenvalue weighted by molar-refractivity contribution is 0.102. The highest BCUT2D eigenvalue weighted by molar-refractivity contribution is 7.92. The predicted octanol–water partition coefficient (Wildman–Crippen LogP) is 3.48. The first-order valence-electron chi connectivity index (χ1n) is 7.99. The van der Waals surface area contributed by atoms with E-state index >= 15 is 0 Å². The summed E-state index contributed by atoms with van der Waals surface area (Å²) in [4.78, 5) is 12.2. The van der Waals surface area contributed by atoms with Gasteiger partial charge in [0.1, 0.15) is 0 Å². The monoisotopic (exact) mass is 344 g/mol. The van der Waals surface area contributed by atoms with E-state index in [0.29, 0.717) is 16.9 Å². The Morgan fingerprint density at radius 1 is 1.00 bits per heavy atom. The van der Waals surface area contributed by atoms with Gasteiger partial charge in [-0.25, -0.2) is 8.42 Å². The molecule has 0 aliphatic heterocycles. The summed E-state index contributed by atoms with van der Waals surface area (Å²) in [5.74, 6) is 0.196. The van der Waals surface area contributed by atoms with Gasteiger partial charge < -0.3 is 5.32 Å². The zero-order valence-electron chi connectivity index (χ0n) is 13.2. The van der Waals surface area contributed by atoms with Crippen LogP contribution in [-0.2, 0) is 10.0 Å². The molecule has 3 rings (SSSR count). The van der Waals surface area contributed by atoms with Gasteiger partial charge in [-0.2, -0.15) is 0 Å². The molecule has 2 N–H and O–H groups in total. The Labute approximate surface area is 142 Å². The van der Waals surface area contributed by atoms with Crippen molar-refractivity contribution in [3.63, 3.8) is 0 Å². The fraction of sp³-hybridized carbons (Fsp3) is 0.278. The van der Waals surface area contributed by atoms with Crippen molar-refractivity contribution in [1.29, 1.82) is 0 Å². The van der Waals surface area contributed by atoms with Crippen LogP contribution < -0.4 is 10.0 Å². The molecule has 0 unspecified atom stereocenters. The summed E-state index contributed by atoms with van der Waals surface area (Å²) in [7, 11) is -3.35. The highest BCUT2D eigenvalue weighted by Crippen LogP contribution is 2.28. The second-order valence-electron chi connectivity index (χ2n) is 6.08. The third-order valence-electron chi connectivity index (χ3n) is 4.11. The van der Waals surface area contributed by atoms with Crippen molar-refractivity contribution in [2.45, 2.75) is 19.3 Å². The van der Waals surface area contributed by atoms with Crippen LogP contribution in [0.25, 0.3) is 0 Å². The standard InChI is InChI=1S/C18H20N2O3S/c21-18(15-8-2-1-3-9-15)19-16-10-5-11-17(12-16)20-24(22,23)13-14-6-4-7-14/h1-3,5,8-12,14,20H,4,6-7,13H2,(H,19,21). The van der Waals surface area contributed by atoms with Gasteiger partial charge in [-0.15, -0.1) is 0 Å². The second kappa shape index (κ2) is 7.05. The number of hydrogen-bond acceptors (Lipinski definition) is 3. The summed E-state index contributed by atoms with van der Waals surface area (Å²) in [5, 5.41) is 2.77. The second-order valence-corrected chi connectivity index (χ2v) is 7.85. The van der Waals surface area contributed by atoms with Gasteiger partial charge in [-0.1, -0.05) is 30.7 Å². The number of carbonyl (C=O) groups excluding carboxylic acids is 1. The van der Waals surface area contributed by atoms with E-state index in [-0.39, 0.29) is 17.6 Å². The minimum absolute atomic E-state index is 0.160. The number of rotatable bonds is 6. The predicted molar refractivity (Wildman–Crippen MR) is 95.6 cm³/mol. The number of anilines is 2. The maximum absolute atomic E-state index is 12.2. The van der Waals surface area contributed by atoms with Gasteiger partial charge in [0.25, 0.3) is 5.91 Å². The fourth-order valence-corrected chi connectivity index (χ4v) is 4.17. The van der Waals surface area contributed by atoms with Crippen molar-refractivity contribution >= 4 is 27.3 Å². The number of carbonyl (C=O) groups is 1. The van der Waals surface area contributed by atoms with Gasteiger partial charge in [0, 0.05) is 11.3 Å². The zero-order chi connectivity index (χ0) is 17.0. The van der Waals surface area contributed by atoms with Crippen LogP contribution in [0.3, 0.4) is 0 Å². The number of hydrogen-bond donors (Lipinski definition) is 2. The number of sulfonamides is 1. The fourth-order valence-electron chi connectivity index (χ4n) is 2.64. The molecule has 1 amide bonds.